The summed E-state index contributed by atoms with van der Waals surface area (Å²) in [7, 11) is 5.38. The number of nitrogens with one attached hydrogen (secondary N) is 2. The molecular weight excluding hydrogens is 397 g/mol. The average Bonchev–Trinajstić information content (AvgIpc) is 3.15. The van der Waals surface area contributed by atoms with E-state index in [0.717, 1.165) is 6.54 Å². The molecule has 1 aromatic carbocycles. The summed E-state index contributed by atoms with van der Waals surface area (Å²) in [5, 5.41) is 7.61. The summed E-state index contributed by atoms with van der Waals surface area (Å²) in [6.07, 6.45) is 0. The summed E-state index contributed by atoms with van der Waals surface area (Å²) in [6.45, 7) is 2.03. The second-order valence-corrected chi connectivity index (χ2v) is 7.45. The van der Waals surface area contributed by atoms with Crippen LogP contribution in [0, 0.1) is 5.82 Å². The highest BCUT2D eigenvalue weighted by molar-refractivity contribution is 7.09. The number of carbonyl (C=O) groups excluding carboxylic acids is 2. The van der Waals surface area contributed by atoms with Gasteiger partial charge >= 0.3 is 6.03 Å². The van der Waals surface area contributed by atoms with Crippen LogP contribution < -0.4 is 10.6 Å². The molecule has 0 spiro atoms. The Bertz CT molecular complexity index is 815. The van der Waals surface area contributed by atoms with Crippen LogP contribution in [0.25, 0.3) is 0 Å². The first-order valence-electron chi connectivity index (χ1n) is 9.07. The molecule has 8 nitrogen and oxygen atoms in total. The topological polar surface area (TPSA) is 86.8 Å². The molecule has 0 radical (unpaired) electrons. The van der Waals surface area contributed by atoms with E-state index in [2.05, 4.69) is 15.6 Å². The van der Waals surface area contributed by atoms with Crippen LogP contribution in [0.15, 0.2) is 29.6 Å². The molecule has 0 bridgehead atoms. The Morgan fingerprint density at radius 3 is 2.69 bits per heavy atom. The maximum absolute atomic E-state index is 13.8. The number of aromatic nitrogens is 1. The van der Waals surface area contributed by atoms with Crippen molar-refractivity contribution in [2.45, 2.75) is 6.54 Å². The van der Waals surface area contributed by atoms with Gasteiger partial charge in [-0.05, 0) is 26.2 Å². The Kier molecular flexibility index (Phi) is 8.97. The van der Waals surface area contributed by atoms with Crippen LogP contribution >= 0.6 is 11.3 Å². The van der Waals surface area contributed by atoms with Crippen molar-refractivity contribution >= 4 is 29.0 Å². The van der Waals surface area contributed by atoms with Crippen LogP contribution in [0.5, 0.6) is 0 Å². The van der Waals surface area contributed by atoms with E-state index in [1.165, 1.54) is 35.5 Å². The lowest BCUT2D eigenvalue weighted by Gasteiger charge is -2.22. The molecule has 10 heteroatoms. The number of ether oxygens (including phenoxy) is 1. The minimum Gasteiger partial charge on any atom is -0.383 e. The van der Waals surface area contributed by atoms with Crippen molar-refractivity contribution in [1.82, 2.24) is 20.1 Å². The molecule has 0 unspecified atom stereocenters. The van der Waals surface area contributed by atoms with Crippen molar-refractivity contribution in [3.05, 3.63) is 46.2 Å². The largest absolute Gasteiger partial charge is 0.383 e. The van der Waals surface area contributed by atoms with E-state index in [0.29, 0.717) is 30.4 Å². The molecule has 2 aromatic rings. The van der Waals surface area contributed by atoms with Crippen molar-refractivity contribution < 1.29 is 18.7 Å². The minimum atomic E-state index is -0.515. The number of urea groups is 1. The van der Waals surface area contributed by atoms with Crippen LogP contribution in [0.2, 0.25) is 0 Å². The third-order valence-corrected chi connectivity index (χ3v) is 4.76. The molecule has 0 aliphatic heterocycles. The van der Waals surface area contributed by atoms with Gasteiger partial charge in [0.2, 0.25) is 0 Å². The first-order valence-corrected chi connectivity index (χ1v) is 9.95. The number of hydrogen-bond acceptors (Lipinski definition) is 6. The van der Waals surface area contributed by atoms with Crippen LogP contribution in [-0.4, -0.2) is 74.2 Å². The highest BCUT2D eigenvalue weighted by Gasteiger charge is 2.18. The van der Waals surface area contributed by atoms with Crippen molar-refractivity contribution in [2.24, 2.45) is 0 Å². The van der Waals surface area contributed by atoms with Gasteiger partial charge in [-0.2, -0.15) is 0 Å². The maximum Gasteiger partial charge on any atom is 0.322 e. The number of nitrogens with zero attached hydrogens (tertiary/aromatic N) is 3. The number of thiazole rings is 1. The zero-order valence-corrected chi connectivity index (χ0v) is 17.6. The number of likely N-dealkylation sites (N-methyl/N-ethyl adjacent to an activating group) is 1. The van der Waals surface area contributed by atoms with Gasteiger partial charge in [-0.1, -0.05) is 12.1 Å². The SMILES string of the molecule is COCCN(Cc1nc(C(=O)NCCN(C)C)cs1)C(=O)Nc1ccccc1F. The standard InChI is InChI=1S/C19H26FN5O3S/c1-24(2)9-8-21-18(26)16-13-29-17(22-16)12-25(10-11-28-3)19(27)23-15-7-5-4-6-14(15)20/h4-7,13H,8-12H2,1-3H3,(H,21,26)(H,23,27). The van der Waals surface area contributed by atoms with Crippen LogP contribution in [-0.2, 0) is 11.3 Å². The zero-order valence-electron chi connectivity index (χ0n) is 16.8. The molecule has 29 heavy (non-hydrogen) atoms. The second kappa shape index (κ2) is 11.4. The Morgan fingerprint density at radius 1 is 1.24 bits per heavy atom. The number of halogens is 1. The first kappa shape index (κ1) is 22.7. The molecule has 0 atom stereocenters. The van der Waals surface area contributed by atoms with E-state index in [1.54, 1.807) is 17.5 Å². The van der Waals surface area contributed by atoms with Crippen molar-refractivity contribution in [3.63, 3.8) is 0 Å². The van der Waals surface area contributed by atoms with Gasteiger partial charge in [-0.25, -0.2) is 14.2 Å². The number of methoxy groups -OCH3 is 1. The molecule has 1 aromatic heterocycles. The summed E-state index contributed by atoms with van der Waals surface area (Å²) in [6, 6.07) is 5.48. The lowest BCUT2D eigenvalue weighted by Crippen LogP contribution is -2.37. The summed E-state index contributed by atoms with van der Waals surface area (Å²) in [4.78, 5) is 32.5. The van der Waals surface area contributed by atoms with Crippen LogP contribution in [0.1, 0.15) is 15.5 Å². The third-order valence-electron chi connectivity index (χ3n) is 3.92. The smallest absolute Gasteiger partial charge is 0.322 e. The number of rotatable bonds is 10. The van der Waals surface area contributed by atoms with Crippen molar-refractivity contribution in [3.8, 4) is 0 Å². The Hall–Kier alpha value is -2.56. The number of amides is 3. The summed E-state index contributed by atoms with van der Waals surface area (Å²) >= 11 is 1.29. The maximum atomic E-state index is 13.8. The number of benzene rings is 1. The molecule has 0 aliphatic carbocycles. The molecule has 3 amide bonds. The normalized spacial score (nSPS) is 10.8. The molecule has 2 N–H and O–H groups in total. The van der Waals surface area contributed by atoms with Crippen LogP contribution in [0.4, 0.5) is 14.9 Å². The zero-order chi connectivity index (χ0) is 21.2. The van der Waals surface area contributed by atoms with E-state index in [9.17, 15) is 14.0 Å². The highest BCUT2D eigenvalue weighted by Crippen LogP contribution is 2.16. The van der Waals surface area contributed by atoms with E-state index < -0.39 is 11.8 Å². The number of anilines is 1. The summed E-state index contributed by atoms with van der Waals surface area (Å²) in [5.74, 6) is -0.771. The molecule has 1 heterocycles. The predicted molar refractivity (Wildman–Crippen MR) is 111 cm³/mol. The van der Waals surface area contributed by atoms with E-state index >= 15 is 0 Å². The fourth-order valence-corrected chi connectivity index (χ4v) is 3.13. The summed E-state index contributed by atoms with van der Waals surface area (Å²) in [5.41, 5.74) is 0.407. The number of para-hydroxylation sites is 1. The number of carbonyl (C=O) groups is 2. The van der Waals surface area contributed by atoms with E-state index in [-0.39, 0.29) is 18.1 Å². The molecule has 0 saturated heterocycles. The van der Waals surface area contributed by atoms with E-state index in [4.69, 9.17) is 4.74 Å². The lowest BCUT2D eigenvalue weighted by atomic mass is 10.3. The van der Waals surface area contributed by atoms with Crippen molar-refractivity contribution in [1.29, 1.82) is 0 Å². The Morgan fingerprint density at radius 2 is 2.00 bits per heavy atom. The molecule has 0 saturated carbocycles. The van der Waals surface area contributed by atoms with Gasteiger partial charge < -0.3 is 25.2 Å². The quantitative estimate of drug-likeness (QED) is 0.612. The molecule has 158 valence electrons. The average molecular weight is 424 g/mol. The van der Waals surface area contributed by atoms with Gasteiger partial charge in [-0.15, -0.1) is 11.3 Å². The summed E-state index contributed by atoms with van der Waals surface area (Å²) < 4.78 is 18.9. The Balaban J connectivity index is 2.00. The first-order chi connectivity index (χ1) is 13.9. The van der Waals surface area contributed by atoms with Gasteiger partial charge in [-0.3, -0.25) is 4.79 Å². The fourth-order valence-electron chi connectivity index (χ4n) is 2.35. The molecule has 2 rings (SSSR count). The second-order valence-electron chi connectivity index (χ2n) is 6.51. The number of hydrogen-bond donors (Lipinski definition) is 2. The monoisotopic (exact) mass is 423 g/mol. The van der Waals surface area contributed by atoms with Gasteiger partial charge in [0.1, 0.15) is 16.5 Å². The highest BCUT2D eigenvalue weighted by atomic mass is 32.1. The van der Waals surface area contributed by atoms with Crippen LogP contribution in [0.3, 0.4) is 0 Å². The van der Waals surface area contributed by atoms with Gasteiger partial charge in [0, 0.05) is 32.1 Å². The molecular formula is C19H26FN5O3S. The third kappa shape index (κ3) is 7.41. The van der Waals surface area contributed by atoms with Crippen molar-refractivity contribution in [2.75, 3.05) is 52.8 Å². The van der Waals surface area contributed by atoms with Gasteiger partial charge in [0.05, 0.1) is 18.8 Å². The van der Waals surface area contributed by atoms with Gasteiger partial charge in [0.25, 0.3) is 5.91 Å². The van der Waals surface area contributed by atoms with E-state index in [1.807, 2.05) is 19.0 Å². The Labute approximate surface area is 173 Å². The molecule has 0 aliphatic rings. The predicted octanol–water partition coefficient (Wildman–Crippen LogP) is 2.25. The lowest BCUT2D eigenvalue weighted by molar-refractivity contribution is 0.0946. The minimum absolute atomic E-state index is 0.0972. The fraction of sp³-hybridized carbons (Fsp3) is 0.421. The van der Waals surface area contributed by atoms with Gasteiger partial charge in [0.15, 0.2) is 0 Å². The molecule has 0 fully saturated rings.